The highest BCUT2D eigenvalue weighted by Gasteiger charge is 2.14. The molecule has 0 fully saturated rings. The monoisotopic (exact) mass is 400 g/mol. The van der Waals surface area contributed by atoms with Crippen LogP contribution in [0.3, 0.4) is 0 Å². The lowest BCUT2D eigenvalue weighted by Gasteiger charge is -2.17. The van der Waals surface area contributed by atoms with Gasteiger partial charge in [0.05, 0.1) is 0 Å². The fraction of sp³-hybridized carbons (Fsp3) is 0.211. The molecule has 138 valence electrons. The van der Waals surface area contributed by atoms with Crippen LogP contribution in [0.25, 0.3) is 0 Å². The van der Waals surface area contributed by atoms with E-state index in [1.54, 1.807) is 12.1 Å². The van der Waals surface area contributed by atoms with E-state index in [1.807, 2.05) is 30.3 Å². The zero-order valence-electron chi connectivity index (χ0n) is 14.4. The minimum absolute atomic E-state index is 0.185. The molecule has 6 nitrogen and oxygen atoms in total. The van der Waals surface area contributed by atoms with Crippen LogP contribution in [0.2, 0.25) is 5.02 Å². The number of nitrogens with zero attached hydrogens (tertiary/aromatic N) is 2. The maximum absolute atomic E-state index is 12.5. The number of carbonyl (C=O) groups is 1. The third-order valence-electron chi connectivity index (χ3n) is 4.20. The van der Waals surface area contributed by atoms with E-state index in [9.17, 15) is 4.79 Å². The van der Waals surface area contributed by atoms with Crippen molar-refractivity contribution in [1.82, 2.24) is 15.5 Å². The molecule has 1 aliphatic heterocycles. The first-order chi connectivity index (χ1) is 13.2. The molecule has 2 heterocycles. The molecule has 0 atom stereocenters. The molecule has 3 aromatic rings. The summed E-state index contributed by atoms with van der Waals surface area (Å²) in [5.74, 6) is 0.474. The molecule has 0 saturated carbocycles. The van der Waals surface area contributed by atoms with Gasteiger partial charge in [-0.05, 0) is 54.4 Å². The topological polar surface area (TPSA) is 76.1 Å². The van der Waals surface area contributed by atoms with E-state index in [4.69, 9.17) is 16.3 Å². The summed E-state index contributed by atoms with van der Waals surface area (Å²) in [5.41, 5.74) is 3.09. The van der Waals surface area contributed by atoms with Crippen LogP contribution in [-0.4, -0.2) is 22.6 Å². The predicted molar refractivity (Wildman–Crippen MR) is 105 cm³/mol. The van der Waals surface area contributed by atoms with Gasteiger partial charge in [-0.25, -0.2) is 0 Å². The molecule has 8 heteroatoms. The first-order valence-corrected chi connectivity index (χ1v) is 9.71. The Balaban J connectivity index is 1.38. The molecule has 0 spiro atoms. The number of ether oxygens (including phenoxy) is 1. The number of benzene rings is 2. The zero-order valence-corrected chi connectivity index (χ0v) is 15.9. The number of hydrogen-bond donors (Lipinski definition) is 2. The molecule has 2 aromatic carbocycles. The Bertz CT molecular complexity index is 976. The Morgan fingerprint density at radius 3 is 3.04 bits per heavy atom. The first kappa shape index (κ1) is 17.9. The van der Waals surface area contributed by atoms with Gasteiger partial charge in [0.25, 0.3) is 5.91 Å². The van der Waals surface area contributed by atoms with Crippen LogP contribution < -0.4 is 15.4 Å². The highest BCUT2D eigenvalue weighted by atomic mass is 35.5. The molecule has 1 aromatic heterocycles. The van der Waals surface area contributed by atoms with Crippen molar-refractivity contribution in [1.29, 1.82) is 0 Å². The predicted octanol–water partition coefficient (Wildman–Crippen LogP) is 3.67. The van der Waals surface area contributed by atoms with Crippen LogP contribution in [0.1, 0.15) is 26.5 Å². The molecule has 0 bridgehead atoms. The molecule has 0 unspecified atom stereocenters. The summed E-state index contributed by atoms with van der Waals surface area (Å²) < 4.78 is 5.64. The maximum atomic E-state index is 12.5. The van der Waals surface area contributed by atoms with Crippen molar-refractivity contribution in [3.05, 3.63) is 69.2 Å². The molecular weight excluding hydrogens is 384 g/mol. The standard InChI is InChI=1S/C19H17ClN4O2S/c20-15-2-1-3-16(9-15)26-11-17-23-24-19(27-17)22-18(25)13-4-5-14-10-21-7-6-12(14)8-13/h1-5,8-9,21H,6-7,10-11H2,(H,22,24,25). The second-order valence-electron chi connectivity index (χ2n) is 6.11. The van der Waals surface area contributed by atoms with Gasteiger partial charge in [0.15, 0.2) is 5.01 Å². The van der Waals surface area contributed by atoms with Gasteiger partial charge in [-0.1, -0.05) is 35.1 Å². The van der Waals surface area contributed by atoms with Crippen LogP contribution >= 0.6 is 22.9 Å². The highest BCUT2D eigenvalue weighted by Crippen LogP contribution is 2.22. The van der Waals surface area contributed by atoms with Crippen molar-refractivity contribution in [3.8, 4) is 5.75 Å². The second kappa shape index (κ2) is 8.04. The first-order valence-electron chi connectivity index (χ1n) is 8.52. The number of aromatic nitrogens is 2. The Kier molecular flexibility index (Phi) is 5.33. The smallest absolute Gasteiger partial charge is 0.257 e. The zero-order chi connectivity index (χ0) is 18.6. The molecule has 0 radical (unpaired) electrons. The lowest BCUT2D eigenvalue weighted by molar-refractivity contribution is 0.102. The summed E-state index contributed by atoms with van der Waals surface area (Å²) in [6, 6.07) is 12.9. The van der Waals surface area contributed by atoms with E-state index in [-0.39, 0.29) is 12.5 Å². The van der Waals surface area contributed by atoms with Gasteiger partial charge in [0, 0.05) is 17.1 Å². The third-order valence-corrected chi connectivity index (χ3v) is 5.25. The van der Waals surface area contributed by atoms with Gasteiger partial charge < -0.3 is 10.1 Å². The minimum atomic E-state index is -0.185. The molecular formula is C19H17ClN4O2S. The number of rotatable bonds is 5. The average molecular weight is 401 g/mol. The van der Waals surface area contributed by atoms with Crippen LogP contribution in [-0.2, 0) is 19.6 Å². The van der Waals surface area contributed by atoms with Crippen molar-refractivity contribution in [2.24, 2.45) is 0 Å². The summed E-state index contributed by atoms with van der Waals surface area (Å²) in [6.07, 6.45) is 0.931. The normalized spacial score (nSPS) is 13.1. The van der Waals surface area contributed by atoms with E-state index in [0.717, 1.165) is 19.5 Å². The third kappa shape index (κ3) is 4.44. The van der Waals surface area contributed by atoms with Gasteiger partial charge in [-0.15, -0.1) is 10.2 Å². The fourth-order valence-corrected chi connectivity index (χ4v) is 3.68. The molecule has 0 aliphatic carbocycles. The Morgan fingerprint density at radius 1 is 1.22 bits per heavy atom. The van der Waals surface area contributed by atoms with Crippen molar-refractivity contribution < 1.29 is 9.53 Å². The lowest BCUT2D eigenvalue weighted by atomic mass is 9.98. The second-order valence-corrected chi connectivity index (χ2v) is 7.61. The average Bonchev–Trinajstić information content (AvgIpc) is 3.13. The summed E-state index contributed by atoms with van der Waals surface area (Å²) in [7, 11) is 0. The lowest BCUT2D eigenvalue weighted by Crippen LogP contribution is -2.24. The van der Waals surface area contributed by atoms with Crippen molar-refractivity contribution in [2.75, 3.05) is 11.9 Å². The molecule has 27 heavy (non-hydrogen) atoms. The van der Waals surface area contributed by atoms with Crippen LogP contribution in [0.15, 0.2) is 42.5 Å². The van der Waals surface area contributed by atoms with Gasteiger partial charge in [-0.3, -0.25) is 10.1 Å². The Hall–Kier alpha value is -2.48. The minimum Gasteiger partial charge on any atom is -0.486 e. The van der Waals surface area contributed by atoms with Crippen molar-refractivity contribution in [3.63, 3.8) is 0 Å². The van der Waals surface area contributed by atoms with Crippen LogP contribution in [0, 0.1) is 0 Å². The number of anilines is 1. The van der Waals surface area contributed by atoms with Gasteiger partial charge >= 0.3 is 0 Å². The Labute approximate surface area is 165 Å². The van der Waals surface area contributed by atoms with Crippen LogP contribution in [0.4, 0.5) is 5.13 Å². The number of nitrogens with one attached hydrogen (secondary N) is 2. The number of halogens is 1. The SMILES string of the molecule is O=C(Nc1nnc(COc2cccc(Cl)c2)s1)c1ccc2c(c1)CCNC2. The number of fused-ring (bicyclic) bond motifs is 1. The Morgan fingerprint density at radius 2 is 2.15 bits per heavy atom. The molecule has 4 rings (SSSR count). The number of hydrogen-bond acceptors (Lipinski definition) is 6. The molecule has 1 amide bonds. The summed E-state index contributed by atoms with van der Waals surface area (Å²) >= 11 is 7.22. The maximum Gasteiger partial charge on any atom is 0.257 e. The molecule has 1 aliphatic rings. The van der Waals surface area contributed by atoms with Crippen LogP contribution in [0.5, 0.6) is 5.75 Å². The molecule has 0 saturated heterocycles. The summed E-state index contributed by atoms with van der Waals surface area (Å²) in [5, 5.41) is 15.9. The summed E-state index contributed by atoms with van der Waals surface area (Å²) in [4.78, 5) is 12.5. The number of carbonyl (C=O) groups excluding carboxylic acids is 1. The van der Waals surface area contributed by atoms with Gasteiger partial charge in [-0.2, -0.15) is 0 Å². The largest absolute Gasteiger partial charge is 0.486 e. The quantitative estimate of drug-likeness (QED) is 0.683. The van der Waals surface area contributed by atoms with Gasteiger partial charge in [0.2, 0.25) is 5.13 Å². The van der Waals surface area contributed by atoms with Crippen molar-refractivity contribution >= 4 is 34.0 Å². The number of amides is 1. The van der Waals surface area contributed by atoms with E-state index in [1.165, 1.54) is 22.5 Å². The van der Waals surface area contributed by atoms with Crippen molar-refractivity contribution in [2.45, 2.75) is 19.6 Å². The van der Waals surface area contributed by atoms with Gasteiger partial charge in [0.1, 0.15) is 12.4 Å². The van der Waals surface area contributed by atoms with E-state index in [0.29, 0.717) is 26.5 Å². The summed E-state index contributed by atoms with van der Waals surface area (Å²) in [6.45, 7) is 2.05. The van der Waals surface area contributed by atoms with E-state index < -0.39 is 0 Å². The van der Waals surface area contributed by atoms with E-state index >= 15 is 0 Å². The fourth-order valence-electron chi connectivity index (χ4n) is 2.85. The van der Waals surface area contributed by atoms with E-state index in [2.05, 4.69) is 20.8 Å². The molecule has 2 N–H and O–H groups in total. The highest BCUT2D eigenvalue weighted by molar-refractivity contribution is 7.15.